The monoisotopic (exact) mass is 205 g/mol. The van der Waals surface area contributed by atoms with Crippen molar-refractivity contribution in [1.82, 2.24) is 4.98 Å². The van der Waals surface area contributed by atoms with Gasteiger partial charge in [0.25, 0.3) is 0 Å². The van der Waals surface area contributed by atoms with Crippen LogP contribution in [0.15, 0.2) is 18.2 Å². The summed E-state index contributed by atoms with van der Waals surface area (Å²) in [5, 5.41) is 17.7. The highest BCUT2D eigenvalue weighted by Crippen LogP contribution is 2.13. The van der Waals surface area contributed by atoms with Crippen LogP contribution in [0, 0.1) is 11.3 Å². The Morgan fingerprint density at radius 2 is 2.27 bits per heavy atom. The molecule has 0 saturated heterocycles. The summed E-state index contributed by atoms with van der Waals surface area (Å²) in [5.74, 6) is 0.734. The molecule has 15 heavy (non-hydrogen) atoms. The highest BCUT2D eigenvalue weighted by atomic mass is 16.3. The van der Waals surface area contributed by atoms with Gasteiger partial charge in [-0.1, -0.05) is 6.07 Å². The van der Waals surface area contributed by atoms with Gasteiger partial charge in [0.15, 0.2) is 0 Å². The van der Waals surface area contributed by atoms with Gasteiger partial charge >= 0.3 is 0 Å². The third-order valence-corrected chi connectivity index (χ3v) is 2.11. The predicted molar refractivity (Wildman–Crippen MR) is 58.5 cm³/mol. The Morgan fingerprint density at radius 3 is 2.80 bits per heavy atom. The number of hydrogen-bond donors (Lipinski definition) is 1. The molecule has 0 aliphatic rings. The van der Waals surface area contributed by atoms with Crippen molar-refractivity contribution in [3.05, 3.63) is 23.9 Å². The molecule has 0 aliphatic heterocycles. The smallest absolute Gasteiger partial charge is 0.142 e. The molecule has 0 unspecified atom stereocenters. The van der Waals surface area contributed by atoms with Crippen molar-refractivity contribution in [1.29, 1.82) is 5.26 Å². The highest BCUT2D eigenvalue weighted by molar-refractivity contribution is 5.42. The summed E-state index contributed by atoms with van der Waals surface area (Å²) in [6.45, 7) is 4.66. The van der Waals surface area contributed by atoms with Crippen LogP contribution < -0.4 is 4.90 Å². The number of pyridine rings is 1. The molecule has 1 N–H and O–H groups in total. The molecule has 1 rings (SSSR count). The van der Waals surface area contributed by atoms with Crippen LogP contribution in [0.1, 0.15) is 19.5 Å². The van der Waals surface area contributed by atoms with E-state index in [4.69, 9.17) is 10.4 Å². The quantitative estimate of drug-likeness (QED) is 0.801. The molecule has 0 aromatic carbocycles. The first-order valence-electron chi connectivity index (χ1n) is 4.93. The number of hydrogen-bond acceptors (Lipinski definition) is 4. The fourth-order valence-corrected chi connectivity index (χ4v) is 1.39. The Hall–Kier alpha value is -1.60. The Balaban J connectivity index is 2.96. The van der Waals surface area contributed by atoms with E-state index in [0.29, 0.717) is 12.2 Å². The fraction of sp³-hybridized carbons (Fsp3) is 0.455. The average Bonchev–Trinajstić information content (AvgIpc) is 2.25. The predicted octanol–water partition coefficient (Wildman–Crippen LogP) is 1.16. The molecule has 0 aliphatic carbocycles. The zero-order chi connectivity index (χ0) is 11.3. The number of aliphatic hydroxyl groups excluding tert-OH is 1. The van der Waals surface area contributed by atoms with Gasteiger partial charge in [-0.3, -0.25) is 0 Å². The normalized spacial score (nSPS) is 10.1. The first-order chi connectivity index (χ1) is 7.19. The minimum absolute atomic E-state index is 0.0800. The molecular formula is C11H15N3O. The molecule has 1 heterocycles. The molecular weight excluding hydrogens is 190 g/mol. The van der Waals surface area contributed by atoms with E-state index in [1.54, 1.807) is 12.1 Å². The van der Waals surface area contributed by atoms with Crippen LogP contribution in [0.25, 0.3) is 0 Å². The lowest BCUT2D eigenvalue weighted by Gasteiger charge is -2.26. The highest BCUT2D eigenvalue weighted by Gasteiger charge is 2.11. The molecule has 0 saturated carbocycles. The standard InChI is InChI=1S/C11H15N3O/c1-9(2)14(6-7-15)11-5-3-4-10(8-12)13-11/h3-5,9,15H,6-7H2,1-2H3. The number of aliphatic hydroxyl groups is 1. The van der Waals surface area contributed by atoms with Gasteiger partial charge in [0.2, 0.25) is 0 Å². The van der Waals surface area contributed by atoms with E-state index in [2.05, 4.69) is 4.98 Å². The van der Waals surface area contributed by atoms with Crippen LogP contribution in [-0.4, -0.2) is 29.3 Å². The number of nitrogens with zero attached hydrogens (tertiary/aromatic N) is 3. The Labute approximate surface area is 89.8 Å². The Bertz CT molecular complexity index is 357. The van der Waals surface area contributed by atoms with E-state index in [9.17, 15) is 0 Å². The van der Waals surface area contributed by atoms with Crippen LogP contribution in [0.5, 0.6) is 0 Å². The van der Waals surface area contributed by atoms with Gasteiger partial charge in [0.05, 0.1) is 6.61 Å². The molecule has 0 atom stereocenters. The first kappa shape index (κ1) is 11.5. The summed E-state index contributed by atoms with van der Waals surface area (Å²) in [5.41, 5.74) is 0.399. The summed E-state index contributed by atoms with van der Waals surface area (Å²) in [6.07, 6.45) is 0. The van der Waals surface area contributed by atoms with Gasteiger partial charge in [0.1, 0.15) is 17.6 Å². The average molecular weight is 205 g/mol. The van der Waals surface area contributed by atoms with Crippen LogP contribution in [0.3, 0.4) is 0 Å². The Kier molecular flexibility index (Phi) is 4.07. The zero-order valence-corrected chi connectivity index (χ0v) is 9.01. The molecule has 0 bridgehead atoms. The number of rotatable bonds is 4. The van der Waals surface area contributed by atoms with Crippen molar-refractivity contribution in [3.63, 3.8) is 0 Å². The summed E-state index contributed by atoms with van der Waals surface area (Å²) in [7, 11) is 0. The van der Waals surface area contributed by atoms with E-state index in [1.165, 1.54) is 0 Å². The third-order valence-electron chi connectivity index (χ3n) is 2.11. The largest absolute Gasteiger partial charge is 0.395 e. The van der Waals surface area contributed by atoms with Crippen molar-refractivity contribution >= 4 is 5.82 Å². The number of anilines is 1. The van der Waals surface area contributed by atoms with Gasteiger partial charge < -0.3 is 10.0 Å². The van der Waals surface area contributed by atoms with Gasteiger partial charge in [-0.15, -0.1) is 0 Å². The Morgan fingerprint density at radius 1 is 1.53 bits per heavy atom. The van der Waals surface area contributed by atoms with Crippen LogP contribution in [-0.2, 0) is 0 Å². The summed E-state index contributed by atoms with van der Waals surface area (Å²) in [4.78, 5) is 6.14. The second-order valence-electron chi connectivity index (χ2n) is 3.50. The number of nitriles is 1. The van der Waals surface area contributed by atoms with E-state index < -0.39 is 0 Å². The van der Waals surface area contributed by atoms with Crippen molar-refractivity contribution in [2.24, 2.45) is 0 Å². The van der Waals surface area contributed by atoms with Crippen molar-refractivity contribution in [2.75, 3.05) is 18.1 Å². The minimum Gasteiger partial charge on any atom is -0.395 e. The second kappa shape index (κ2) is 5.32. The molecule has 0 radical (unpaired) electrons. The minimum atomic E-state index is 0.0800. The zero-order valence-electron chi connectivity index (χ0n) is 9.01. The van der Waals surface area contributed by atoms with Gasteiger partial charge in [-0.05, 0) is 26.0 Å². The topological polar surface area (TPSA) is 60.1 Å². The molecule has 0 spiro atoms. The summed E-state index contributed by atoms with van der Waals surface area (Å²) >= 11 is 0. The lowest BCUT2D eigenvalue weighted by molar-refractivity contribution is 0.298. The lowest BCUT2D eigenvalue weighted by Crippen LogP contribution is -2.34. The van der Waals surface area contributed by atoms with Crippen molar-refractivity contribution < 1.29 is 5.11 Å². The maximum atomic E-state index is 8.94. The van der Waals surface area contributed by atoms with Crippen molar-refractivity contribution in [2.45, 2.75) is 19.9 Å². The molecule has 80 valence electrons. The van der Waals surface area contributed by atoms with E-state index in [-0.39, 0.29) is 12.6 Å². The van der Waals surface area contributed by atoms with E-state index in [0.717, 1.165) is 5.82 Å². The van der Waals surface area contributed by atoms with Gasteiger partial charge in [-0.25, -0.2) is 4.98 Å². The van der Waals surface area contributed by atoms with Crippen LogP contribution in [0.2, 0.25) is 0 Å². The lowest BCUT2D eigenvalue weighted by atomic mass is 10.3. The van der Waals surface area contributed by atoms with E-state index in [1.807, 2.05) is 30.9 Å². The van der Waals surface area contributed by atoms with E-state index >= 15 is 0 Å². The fourth-order valence-electron chi connectivity index (χ4n) is 1.39. The molecule has 0 fully saturated rings. The maximum absolute atomic E-state index is 8.94. The third kappa shape index (κ3) is 2.93. The molecule has 1 aromatic rings. The summed E-state index contributed by atoms with van der Waals surface area (Å²) in [6, 6.07) is 7.56. The summed E-state index contributed by atoms with van der Waals surface area (Å²) < 4.78 is 0. The number of aromatic nitrogens is 1. The van der Waals surface area contributed by atoms with Crippen LogP contribution >= 0.6 is 0 Å². The molecule has 1 aromatic heterocycles. The van der Waals surface area contributed by atoms with Gasteiger partial charge in [0, 0.05) is 12.6 Å². The second-order valence-corrected chi connectivity index (χ2v) is 3.50. The molecule has 4 heteroatoms. The van der Waals surface area contributed by atoms with Crippen molar-refractivity contribution in [3.8, 4) is 6.07 Å². The van der Waals surface area contributed by atoms with Crippen LogP contribution in [0.4, 0.5) is 5.82 Å². The molecule has 4 nitrogen and oxygen atoms in total. The first-order valence-corrected chi connectivity index (χ1v) is 4.93. The van der Waals surface area contributed by atoms with Gasteiger partial charge in [-0.2, -0.15) is 5.26 Å². The maximum Gasteiger partial charge on any atom is 0.142 e. The SMILES string of the molecule is CC(C)N(CCO)c1cccc(C#N)n1. The molecule has 0 amide bonds.